The molecule has 4 aromatic rings. The molecule has 0 amide bonds. The van der Waals surface area contributed by atoms with Gasteiger partial charge in [0.15, 0.2) is 17.3 Å². The molecule has 15 heteroatoms. The summed E-state index contributed by atoms with van der Waals surface area (Å²) in [6, 6.07) is 6.82. The fourth-order valence-corrected chi connectivity index (χ4v) is 4.97. The number of halogens is 1. The van der Waals surface area contributed by atoms with Crippen LogP contribution in [0.5, 0.6) is 11.8 Å². The molecule has 0 radical (unpaired) electrons. The molecule has 0 aliphatic heterocycles. The van der Waals surface area contributed by atoms with E-state index in [0.29, 0.717) is 10.6 Å². The molecule has 0 saturated carbocycles. The Morgan fingerprint density at radius 1 is 1.00 bits per heavy atom. The average molecular weight is 561 g/mol. The molecule has 3 aromatic heterocycles. The third kappa shape index (κ3) is 5.37. The van der Waals surface area contributed by atoms with Crippen LogP contribution in [0.1, 0.15) is 24.4 Å². The number of nitrogens with one attached hydrogen (secondary N) is 1. The smallest absolute Gasteiger partial charge is 0.245 e. The van der Waals surface area contributed by atoms with Crippen molar-refractivity contribution in [1.82, 2.24) is 34.7 Å². The molecule has 0 fully saturated rings. The van der Waals surface area contributed by atoms with E-state index in [9.17, 15) is 8.42 Å². The lowest BCUT2D eigenvalue weighted by molar-refractivity contribution is 0.0949. The van der Waals surface area contributed by atoms with E-state index in [1.807, 2.05) is 6.92 Å². The van der Waals surface area contributed by atoms with Gasteiger partial charge >= 0.3 is 0 Å². The second-order valence-electron chi connectivity index (χ2n) is 8.06. The second kappa shape index (κ2) is 11.2. The molecule has 1 N–H and O–H groups in total. The first kappa shape index (κ1) is 27.2. The number of ether oxygens (including phenoxy) is 3. The Bertz CT molecular complexity index is 1510. The first-order valence-corrected chi connectivity index (χ1v) is 13.1. The van der Waals surface area contributed by atoms with E-state index in [1.165, 1.54) is 39.1 Å². The number of benzene rings is 1. The summed E-state index contributed by atoms with van der Waals surface area (Å²) in [5, 5.41) is 7.67. The van der Waals surface area contributed by atoms with Crippen molar-refractivity contribution in [2.45, 2.75) is 25.2 Å². The number of hydrogen-bond donors (Lipinski definition) is 1. The van der Waals surface area contributed by atoms with Crippen LogP contribution in [0.2, 0.25) is 5.02 Å². The predicted molar refractivity (Wildman–Crippen MR) is 139 cm³/mol. The van der Waals surface area contributed by atoms with Crippen LogP contribution in [-0.2, 0) is 14.8 Å². The summed E-state index contributed by atoms with van der Waals surface area (Å²) in [6.07, 6.45) is 3.45. The number of sulfonamides is 1. The highest BCUT2D eigenvalue weighted by molar-refractivity contribution is 7.93. The van der Waals surface area contributed by atoms with Crippen molar-refractivity contribution in [2.75, 3.05) is 26.1 Å². The van der Waals surface area contributed by atoms with Gasteiger partial charge in [0.05, 0.1) is 14.2 Å². The van der Waals surface area contributed by atoms with Gasteiger partial charge in [-0.2, -0.15) is 9.97 Å². The molecular weight excluding hydrogens is 536 g/mol. The van der Waals surface area contributed by atoms with Crippen molar-refractivity contribution in [1.29, 1.82) is 0 Å². The van der Waals surface area contributed by atoms with E-state index in [2.05, 4.69) is 34.9 Å². The molecule has 0 aliphatic carbocycles. The molecule has 1 aromatic carbocycles. The van der Waals surface area contributed by atoms with Crippen molar-refractivity contribution in [2.24, 2.45) is 0 Å². The minimum Gasteiger partial charge on any atom is -0.479 e. The first-order chi connectivity index (χ1) is 18.2. The number of rotatable bonds is 10. The first-order valence-electron chi connectivity index (χ1n) is 11.2. The quantitative estimate of drug-likeness (QED) is 0.304. The van der Waals surface area contributed by atoms with Crippen LogP contribution < -0.4 is 14.2 Å². The summed E-state index contributed by atoms with van der Waals surface area (Å²) in [5.41, 5.74) is 1.54. The maximum Gasteiger partial charge on any atom is 0.245 e. The highest BCUT2D eigenvalue weighted by atomic mass is 35.5. The SMILES string of the molecule is COc1ncnc(OC)c1-n1c(NS(=O)(=O)[C@@H](C)[C@H](OC)c2ncc(C)cn2)nnc1-c1cccc(Cl)c1. The van der Waals surface area contributed by atoms with E-state index in [1.54, 1.807) is 36.7 Å². The van der Waals surface area contributed by atoms with Crippen LogP contribution in [0, 0.1) is 6.92 Å². The number of hydrogen-bond acceptors (Lipinski definition) is 11. The third-order valence-corrected chi connectivity index (χ3v) is 7.50. The van der Waals surface area contributed by atoms with Crippen LogP contribution in [0.4, 0.5) is 5.95 Å². The summed E-state index contributed by atoms with van der Waals surface area (Å²) in [4.78, 5) is 16.8. The lowest BCUT2D eigenvalue weighted by Crippen LogP contribution is -2.33. The molecule has 0 aliphatic rings. The Morgan fingerprint density at radius 3 is 2.24 bits per heavy atom. The fourth-order valence-electron chi connectivity index (χ4n) is 3.65. The summed E-state index contributed by atoms with van der Waals surface area (Å²) < 4.78 is 47.4. The van der Waals surface area contributed by atoms with Crippen LogP contribution in [0.3, 0.4) is 0 Å². The molecule has 4 rings (SSSR count). The monoisotopic (exact) mass is 560 g/mol. The number of methoxy groups -OCH3 is 3. The van der Waals surface area contributed by atoms with E-state index < -0.39 is 21.4 Å². The molecule has 0 saturated heterocycles. The van der Waals surface area contributed by atoms with E-state index in [0.717, 1.165) is 5.56 Å². The van der Waals surface area contributed by atoms with Crippen molar-refractivity contribution in [3.63, 3.8) is 0 Å². The van der Waals surface area contributed by atoms with Crippen molar-refractivity contribution in [3.8, 4) is 28.8 Å². The van der Waals surface area contributed by atoms with Crippen LogP contribution in [-0.4, -0.2) is 69.7 Å². The van der Waals surface area contributed by atoms with Crippen molar-refractivity contribution < 1.29 is 22.6 Å². The number of anilines is 1. The Balaban J connectivity index is 1.84. The van der Waals surface area contributed by atoms with Gasteiger partial charge in [0, 0.05) is 30.1 Å². The molecule has 3 heterocycles. The van der Waals surface area contributed by atoms with E-state index >= 15 is 0 Å². The van der Waals surface area contributed by atoms with Gasteiger partial charge in [-0.3, -0.25) is 9.29 Å². The minimum absolute atomic E-state index is 0.0937. The van der Waals surface area contributed by atoms with E-state index in [4.69, 9.17) is 25.8 Å². The maximum atomic E-state index is 13.6. The Kier molecular flexibility index (Phi) is 8.04. The predicted octanol–water partition coefficient (Wildman–Crippen LogP) is 3.01. The largest absolute Gasteiger partial charge is 0.479 e. The molecule has 38 heavy (non-hydrogen) atoms. The maximum absolute atomic E-state index is 13.6. The van der Waals surface area contributed by atoms with Gasteiger partial charge in [-0.05, 0) is 31.5 Å². The van der Waals surface area contributed by atoms with Crippen LogP contribution in [0.15, 0.2) is 43.0 Å². The number of aryl methyl sites for hydroxylation is 1. The second-order valence-corrected chi connectivity index (χ2v) is 10.5. The molecule has 200 valence electrons. The minimum atomic E-state index is -4.16. The lowest BCUT2D eigenvalue weighted by Gasteiger charge is -2.22. The number of nitrogens with zero attached hydrogens (tertiary/aromatic N) is 7. The summed E-state index contributed by atoms with van der Waals surface area (Å²) in [7, 11) is 0.0454. The van der Waals surface area contributed by atoms with Gasteiger partial charge in [0.2, 0.25) is 27.7 Å². The number of aromatic nitrogens is 7. The van der Waals surface area contributed by atoms with Crippen LogP contribution in [0.25, 0.3) is 17.1 Å². The average Bonchev–Trinajstić information content (AvgIpc) is 3.31. The zero-order valence-corrected chi connectivity index (χ0v) is 22.7. The Morgan fingerprint density at radius 2 is 1.66 bits per heavy atom. The summed E-state index contributed by atoms with van der Waals surface area (Å²) in [6.45, 7) is 3.30. The normalized spacial score (nSPS) is 13.1. The zero-order chi connectivity index (χ0) is 27.4. The molecule has 0 bridgehead atoms. The zero-order valence-electron chi connectivity index (χ0n) is 21.2. The highest BCUT2D eigenvalue weighted by Crippen LogP contribution is 2.36. The lowest BCUT2D eigenvalue weighted by atomic mass is 10.2. The summed E-state index contributed by atoms with van der Waals surface area (Å²) >= 11 is 6.22. The van der Waals surface area contributed by atoms with Gasteiger partial charge in [-0.1, -0.05) is 23.7 Å². The highest BCUT2D eigenvalue weighted by Gasteiger charge is 2.35. The molecule has 0 spiro atoms. The van der Waals surface area contributed by atoms with Crippen LogP contribution >= 0.6 is 11.6 Å². The van der Waals surface area contributed by atoms with Crippen molar-refractivity contribution in [3.05, 3.63) is 59.4 Å². The summed E-state index contributed by atoms with van der Waals surface area (Å²) in [5.74, 6) is 0.469. The fraction of sp³-hybridized carbons (Fsp3) is 0.304. The molecule has 2 atom stereocenters. The van der Waals surface area contributed by atoms with Gasteiger partial charge in [-0.25, -0.2) is 18.4 Å². The third-order valence-electron chi connectivity index (χ3n) is 5.57. The Labute approximate surface area is 224 Å². The van der Waals surface area contributed by atoms with Gasteiger partial charge in [-0.15, -0.1) is 10.2 Å². The van der Waals surface area contributed by atoms with Crippen molar-refractivity contribution >= 4 is 27.6 Å². The molecule has 0 unspecified atom stereocenters. The van der Waals surface area contributed by atoms with Gasteiger partial charge < -0.3 is 14.2 Å². The van der Waals surface area contributed by atoms with Gasteiger partial charge in [0.1, 0.15) is 17.7 Å². The Hall–Kier alpha value is -3.88. The standard InChI is InChI=1S/C23H25ClN8O5S/c1-13-10-25-19(26-11-13)18(35-3)14(2)38(33,34)31-23-30-29-20(15-7-6-8-16(24)9-15)32(23)17-21(36-4)27-12-28-22(17)37-5/h6-12,14,18H,1-5H3,(H,30,31)/t14-,18-/m0/s1. The topological polar surface area (TPSA) is 156 Å². The van der Waals surface area contributed by atoms with Gasteiger partial charge in [0.25, 0.3) is 0 Å². The molecular formula is C23H25ClN8O5S. The molecule has 13 nitrogen and oxygen atoms in total. The van der Waals surface area contributed by atoms with E-state index in [-0.39, 0.29) is 35.0 Å².